The summed E-state index contributed by atoms with van der Waals surface area (Å²) in [5, 5.41) is 0. The number of amides is 1. The molecule has 1 saturated heterocycles. The molecule has 0 aliphatic carbocycles. The van der Waals surface area contributed by atoms with Crippen molar-refractivity contribution < 1.29 is 26.8 Å². The topological polar surface area (TPSA) is 46.3 Å². The Morgan fingerprint density at radius 3 is 2.55 bits per heavy atom. The van der Waals surface area contributed by atoms with Crippen LogP contribution in [0.1, 0.15) is 40.7 Å². The van der Waals surface area contributed by atoms with Crippen molar-refractivity contribution in [1.29, 1.82) is 0 Å². The molecule has 0 bridgehead atoms. The van der Waals surface area contributed by atoms with E-state index in [1.807, 2.05) is 0 Å². The number of benzene rings is 3. The molecule has 0 spiro atoms. The van der Waals surface area contributed by atoms with E-state index in [-0.39, 0.29) is 11.5 Å². The summed E-state index contributed by atoms with van der Waals surface area (Å²) in [4.78, 5) is 19.1. The van der Waals surface area contributed by atoms with Gasteiger partial charge in [-0.15, -0.1) is 0 Å². The molecule has 2 heterocycles. The van der Waals surface area contributed by atoms with Crippen molar-refractivity contribution in [3.05, 3.63) is 89.6 Å². The van der Waals surface area contributed by atoms with Crippen molar-refractivity contribution >= 4 is 17.0 Å². The Labute approximate surface area is 186 Å². The van der Waals surface area contributed by atoms with E-state index in [0.29, 0.717) is 41.1 Å². The molecule has 1 fully saturated rings. The smallest absolute Gasteiger partial charge is 0.417 e. The first-order valence-electron chi connectivity index (χ1n) is 10.4. The zero-order chi connectivity index (χ0) is 23.2. The number of carbonyl (C=O) groups excluding carboxylic acids is 1. The Hall–Kier alpha value is -3.68. The predicted molar refractivity (Wildman–Crippen MR) is 114 cm³/mol. The van der Waals surface area contributed by atoms with Crippen LogP contribution >= 0.6 is 0 Å². The van der Waals surface area contributed by atoms with Gasteiger partial charge in [-0.05, 0) is 66.4 Å². The Kier molecular flexibility index (Phi) is 5.15. The highest BCUT2D eigenvalue weighted by Crippen LogP contribution is 2.39. The predicted octanol–water partition coefficient (Wildman–Crippen LogP) is 6.63. The lowest BCUT2D eigenvalue weighted by atomic mass is 9.99. The van der Waals surface area contributed by atoms with Crippen molar-refractivity contribution in [2.24, 2.45) is 0 Å². The number of alkyl halides is 3. The minimum atomic E-state index is -4.48. The number of oxazole rings is 1. The minimum absolute atomic E-state index is 0.0606. The molecule has 0 N–H and O–H groups in total. The Balaban J connectivity index is 1.48. The fourth-order valence-corrected chi connectivity index (χ4v) is 4.26. The summed E-state index contributed by atoms with van der Waals surface area (Å²) < 4.78 is 59.4. The minimum Gasteiger partial charge on any atom is -0.438 e. The summed E-state index contributed by atoms with van der Waals surface area (Å²) in [5.74, 6) is -0.342. The van der Waals surface area contributed by atoms with Crippen molar-refractivity contribution in [2.45, 2.75) is 25.1 Å². The fourth-order valence-electron chi connectivity index (χ4n) is 4.26. The molecule has 1 atom stereocenters. The number of fused-ring (bicyclic) bond motifs is 1. The Morgan fingerprint density at radius 1 is 1.03 bits per heavy atom. The third-order valence-corrected chi connectivity index (χ3v) is 5.84. The van der Waals surface area contributed by atoms with Crippen LogP contribution in [0.3, 0.4) is 0 Å². The number of halogens is 4. The van der Waals surface area contributed by atoms with E-state index in [1.54, 1.807) is 29.2 Å². The van der Waals surface area contributed by atoms with Crippen LogP contribution in [-0.2, 0) is 6.18 Å². The van der Waals surface area contributed by atoms with E-state index in [9.17, 15) is 22.4 Å². The molecule has 1 amide bonds. The van der Waals surface area contributed by atoms with E-state index in [1.165, 1.54) is 36.4 Å². The van der Waals surface area contributed by atoms with Crippen LogP contribution in [0.15, 0.2) is 71.1 Å². The van der Waals surface area contributed by atoms with E-state index in [4.69, 9.17) is 4.42 Å². The third kappa shape index (κ3) is 3.97. The zero-order valence-electron chi connectivity index (χ0n) is 17.3. The molecule has 0 saturated carbocycles. The number of carbonyl (C=O) groups is 1. The van der Waals surface area contributed by atoms with Gasteiger partial charge in [0.2, 0.25) is 5.89 Å². The largest absolute Gasteiger partial charge is 0.438 e. The highest BCUT2D eigenvalue weighted by Gasteiger charge is 2.35. The lowest BCUT2D eigenvalue weighted by Gasteiger charge is -2.22. The lowest BCUT2D eigenvalue weighted by molar-refractivity contribution is -0.137. The summed E-state index contributed by atoms with van der Waals surface area (Å²) in [6.07, 6.45) is -3.09. The molecule has 0 unspecified atom stereocenters. The maximum Gasteiger partial charge on any atom is 0.417 e. The van der Waals surface area contributed by atoms with Gasteiger partial charge < -0.3 is 9.32 Å². The van der Waals surface area contributed by atoms with E-state index in [2.05, 4.69) is 4.98 Å². The first kappa shape index (κ1) is 21.2. The highest BCUT2D eigenvalue weighted by molar-refractivity contribution is 5.94. The number of nitrogens with zero attached hydrogens (tertiary/aromatic N) is 2. The molecule has 33 heavy (non-hydrogen) atoms. The van der Waals surface area contributed by atoms with Crippen LogP contribution in [0.5, 0.6) is 0 Å². The Bertz CT molecular complexity index is 1330. The summed E-state index contributed by atoms with van der Waals surface area (Å²) in [5.41, 5.74) is 0.927. The molecule has 1 aliphatic rings. The summed E-state index contributed by atoms with van der Waals surface area (Å²) >= 11 is 0. The van der Waals surface area contributed by atoms with Gasteiger partial charge in [0.05, 0.1) is 5.56 Å². The molecule has 4 nitrogen and oxygen atoms in total. The lowest BCUT2D eigenvalue weighted by Crippen LogP contribution is -2.30. The standard InChI is InChI=1S/C25H18F4N2O2/c26-17-10-7-15(8-11-17)24(32)31-13-3-6-21(31)23-30-20-14-16(9-12-22(20)33-23)18-4-1-2-5-19(18)25(27,28)29/h1-2,4-5,7-12,14,21H,3,6,13H2/t21-/m1/s1. The maximum atomic E-state index is 13.4. The molecule has 5 rings (SSSR count). The summed E-state index contributed by atoms with van der Waals surface area (Å²) in [7, 11) is 0. The second-order valence-electron chi connectivity index (χ2n) is 7.94. The van der Waals surface area contributed by atoms with Gasteiger partial charge in [0, 0.05) is 12.1 Å². The van der Waals surface area contributed by atoms with Crippen LogP contribution < -0.4 is 0 Å². The first-order chi connectivity index (χ1) is 15.8. The SMILES string of the molecule is O=C(c1ccc(F)cc1)N1CCC[C@@H]1c1nc2cc(-c3ccccc3C(F)(F)F)ccc2o1. The number of rotatable bonds is 3. The molecule has 168 valence electrons. The van der Waals surface area contributed by atoms with Gasteiger partial charge in [-0.3, -0.25) is 4.79 Å². The van der Waals surface area contributed by atoms with Gasteiger partial charge in [-0.2, -0.15) is 13.2 Å². The Morgan fingerprint density at radius 2 is 1.79 bits per heavy atom. The van der Waals surface area contributed by atoms with Gasteiger partial charge in [-0.25, -0.2) is 9.37 Å². The van der Waals surface area contributed by atoms with Gasteiger partial charge in [0.25, 0.3) is 5.91 Å². The van der Waals surface area contributed by atoms with Crippen LogP contribution in [0.2, 0.25) is 0 Å². The van der Waals surface area contributed by atoms with E-state index >= 15 is 0 Å². The fraction of sp³-hybridized carbons (Fsp3) is 0.200. The average molecular weight is 454 g/mol. The van der Waals surface area contributed by atoms with Crippen molar-refractivity contribution in [2.75, 3.05) is 6.54 Å². The third-order valence-electron chi connectivity index (χ3n) is 5.84. The van der Waals surface area contributed by atoms with Gasteiger partial charge in [0.1, 0.15) is 17.4 Å². The average Bonchev–Trinajstić information content (AvgIpc) is 3.45. The maximum absolute atomic E-state index is 13.4. The first-order valence-corrected chi connectivity index (χ1v) is 10.4. The second kappa shape index (κ2) is 8.03. The molecule has 4 aromatic rings. The summed E-state index contributed by atoms with van der Waals surface area (Å²) in [6, 6.07) is 15.0. The number of aromatic nitrogens is 1. The van der Waals surface area contributed by atoms with Crippen LogP contribution in [0.25, 0.3) is 22.2 Å². The molecule has 3 aromatic carbocycles. The van der Waals surface area contributed by atoms with E-state index in [0.717, 1.165) is 12.5 Å². The molecule has 1 aliphatic heterocycles. The highest BCUT2D eigenvalue weighted by atomic mass is 19.4. The van der Waals surface area contributed by atoms with Crippen LogP contribution in [0.4, 0.5) is 17.6 Å². The number of hydrogen-bond acceptors (Lipinski definition) is 3. The number of likely N-dealkylation sites (tertiary alicyclic amines) is 1. The monoisotopic (exact) mass is 454 g/mol. The van der Waals surface area contributed by atoms with E-state index < -0.39 is 23.6 Å². The quantitative estimate of drug-likeness (QED) is 0.327. The zero-order valence-corrected chi connectivity index (χ0v) is 17.3. The molecule has 1 aromatic heterocycles. The molecular formula is C25H18F4N2O2. The van der Waals surface area contributed by atoms with Gasteiger partial charge >= 0.3 is 6.18 Å². The molecular weight excluding hydrogens is 436 g/mol. The molecule has 0 radical (unpaired) electrons. The van der Waals surface area contributed by atoms with Crippen molar-refractivity contribution in [3.8, 4) is 11.1 Å². The van der Waals surface area contributed by atoms with Gasteiger partial charge in [-0.1, -0.05) is 24.3 Å². The van der Waals surface area contributed by atoms with Crippen molar-refractivity contribution in [3.63, 3.8) is 0 Å². The second-order valence-corrected chi connectivity index (χ2v) is 7.94. The molecule has 8 heteroatoms. The van der Waals surface area contributed by atoms with Gasteiger partial charge in [0.15, 0.2) is 5.58 Å². The van der Waals surface area contributed by atoms with Crippen LogP contribution in [-0.4, -0.2) is 22.3 Å². The normalized spacial score (nSPS) is 16.5. The van der Waals surface area contributed by atoms with Crippen LogP contribution in [0, 0.1) is 5.82 Å². The van der Waals surface area contributed by atoms with Crippen molar-refractivity contribution in [1.82, 2.24) is 9.88 Å². The number of hydrogen-bond donors (Lipinski definition) is 0. The summed E-state index contributed by atoms with van der Waals surface area (Å²) in [6.45, 7) is 0.504.